The molecule has 2 aromatic rings. The van der Waals surface area contributed by atoms with Gasteiger partial charge in [0.2, 0.25) is 0 Å². The number of pyridine rings is 2. The van der Waals surface area contributed by atoms with E-state index in [1.165, 1.54) is 0 Å². The number of hydrogen-bond donors (Lipinski definition) is 2. The molecule has 1 atom stereocenters. The fourth-order valence-corrected chi connectivity index (χ4v) is 1.84. The smallest absolute Gasteiger partial charge is 0.137 e. The first-order valence-corrected chi connectivity index (χ1v) is 5.62. The largest absolute Gasteiger partial charge is 0.495 e. The molecule has 94 valence electrons. The van der Waals surface area contributed by atoms with Crippen LogP contribution >= 0.6 is 0 Å². The lowest BCUT2D eigenvalue weighted by Gasteiger charge is -2.17. The Morgan fingerprint density at radius 3 is 2.78 bits per heavy atom. The van der Waals surface area contributed by atoms with Crippen molar-refractivity contribution in [2.45, 2.75) is 13.0 Å². The van der Waals surface area contributed by atoms with Gasteiger partial charge >= 0.3 is 0 Å². The van der Waals surface area contributed by atoms with Crippen LogP contribution in [0.15, 0.2) is 36.8 Å². The summed E-state index contributed by atoms with van der Waals surface area (Å²) in [5, 5.41) is 0. The van der Waals surface area contributed by atoms with Crippen LogP contribution in [0.5, 0.6) is 5.75 Å². The molecule has 2 heterocycles. The highest BCUT2D eigenvalue weighted by Crippen LogP contribution is 2.23. The van der Waals surface area contributed by atoms with Gasteiger partial charge in [0.15, 0.2) is 0 Å². The molecular formula is C13H16N4O. The number of rotatable bonds is 4. The molecule has 0 aliphatic carbocycles. The van der Waals surface area contributed by atoms with Gasteiger partial charge in [0.05, 0.1) is 19.3 Å². The van der Waals surface area contributed by atoms with Gasteiger partial charge in [-0.05, 0) is 36.2 Å². The van der Waals surface area contributed by atoms with Gasteiger partial charge in [0.1, 0.15) is 5.75 Å². The van der Waals surface area contributed by atoms with Crippen LogP contribution in [0.25, 0.3) is 0 Å². The molecule has 0 saturated heterocycles. The topological polar surface area (TPSA) is 73.1 Å². The van der Waals surface area contributed by atoms with Crippen molar-refractivity contribution >= 4 is 0 Å². The zero-order chi connectivity index (χ0) is 13.0. The summed E-state index contributed by atoms with van der Waals surface area (Å²) in [6, 6.07) is 5.70. The lowest BCUT2D eigenvalue weighted by atomic mass is 10.0. The summed E-state index contributed by atoms with van der Waals surface area (Å²) in [5.74, 6) is 6.35. The molecule has 0 spiro atoms. The molecule has 5 heteroatoms. The average Bonchev–Trinajstić information content (AvgIpc) is 2.40. The van der Waals surface area contributed by atoms with Crippen LogP contribution in [0, 0.1) is 6.92 Å². The van der Waals surface area contributed by atoms with Crippen LogP contribution < -0.4 is 16.0 Å². The number of methoxy groups -OCH3 is 1. The van der Waals surface area contributed by atoms with Gasteiger partial charge in [-0.3, -0.25) is 15.8 Å². The fourth-order valence-electron chi connectivity index (χ4n) is 1.84. The van der Waals surface area contributed by atoms with E-state index in [0.717, 1.165) is 16.8 Å². The minimum absolute atomic E-state index is 0.130. The lowest BCUT2D eigenvalue weighted by molar-refractivity contribution is 0.411. The summed E-state index contributed by atoms with van der Waals surface area (Å²) in [6.45, 7) is 1.95. The Labute approximate surface area is 106 Å². The maximum atomic E-state index is 5.64. The molecule has 0 radical (unpaired) electrons. The van der Waals surface area contributed by atoms with Gasteiger partial charge in [-0.15, -0.1) is 0 Å². The van der Waals surface area contributed by atoms with E-state index in [2.05, 4.69) is 15.4 Å². The monoisotopic (exact) mass is 244 g/mol. The van der Waals surface area contributed by atoms with E-state index in [9.17, 15) is 0 Å². The van der Waals surface area contributed by atoms with E-state index >= 15 is 0 Å². The molecule has 3 N–H and O–H groups in total. The van der Waals surface area contributed by atoms with Gasteiger partial charge in [0.25, 0.3) is 0 Å². The van der Waals surface area contributed by atoms with Crippen molar-refractivity contribution in [1.82, 2.24) is 15.4 Å². The molecule has 0 aliphatic rings. The van der Waals surface area contributed by atoms with Gasteiger partial charge in [-0.25, -0.2) is 5.43 Å². The molecule has 0 amide bonds. The van der Waals surface area contributed by atoms with Gasteiger partial charge in [-0.1, -0.05) is 0 Å². The zero-order valence-electron chi connectivity index (χ0n) is 10.4. The number of ether oxygens (including phenoxy) is 1. The summed E-state index contributed by atoms with van der Waals surface area (Å²) in [4.78, 5) is 8.31. The SMILES string of the molecule is COc1cncc(C(NN)c2ccnc(C)c2)c1. The molecule has 0 bridgehead atoms. The van der Waals surface area contributed by atoms with Crippen LogP contribution in [0.3, 0.4) is 0 Å². The Morgan fingerprint density at radius 2 is 2.11 bits per heavy atom. The average molecular weight is 244 g/mol. The second-order valence-electron chi connectivity index (χ2n) is 3.99. The van der Waals surface area contributed by atoms with Crippen LogP contribution in [0.4, 0.5) is 0 Å². The minimum Gasteiger partial charge on any atom is -0.495 e. The number of nitrogens with two attached hydrogens (primary N) is 1. The second-order valence-corrected chi connectivity index (χ2v) is 3.99. The van der Waals surface area contributed by atoms with Gasteiger partial charge in [-0.2, -0.15) is 0 Å². The molecule has 1 unspecified atom stereocenters. The number of nitrogens with zero attached hydrogens (tertiary/aromatic N) is 2. The Bertz CT molecular complexity index is 530. The number of hydrogen-bond acceptors (Lipinski definition) is 5. The molecule has 2 aromatic heterocycles. The predicted octanol–water partition coefficient (Wildman–Crippen LogP) is 1.35. The first-order valence-electron chi connectivity index (χ1n) is 5.62. The molecule has 5 nitrogen and oxygen atoms in total. The van der Waals surface area contributed by atoms with Crippen molar-refractivity contribution < 1.29 is 4.74 Å². The van der Waals surface area contributed by atoms with Gasteiger partial charge < -0.3 is 4.74 Å². The number of nitrogens with one attached hydrogen (secondary N) is 1. The van der Waals surface area contributed by atoms with Crippen molar-refractivity contribution in [3.8, 4) is 5.75 Å². The summed E-state index contributed by atoms with van der Waals surface area (Å²) < 4.78 is 5.17. The molecule has 0 saturated carbocycles. The Kier molecular flexibility index (Phi) is 3.86. The van der Waals surface area contributed by atoms with Crippen molar-refractivity contribution in [2.24, 2.45) is 5.84 Å². The van der Waals surface area contributed by atoms with E-state index in [0.29, 0.717) is 5.75 Å². The molecule has 0 fully saturated rings. The third kappa shape index (κ3) is 2.64. The van der Waals surface area contributed by atoms with Crippen molar-refractivity contribution in [2.75, 3.05) is 7.11 Å². The normalized spacial score (nSPS) is 12.2. The highest BCUT2D eigenvalue weighted by Gasteiger charge is 2.13. The van der Waals surface area contributed by atoms with E-state index in [-0.39, 0.29) is 6.04 Å². The van der Waals surface area contributed by atoms with Crippen LogP contribution in [0.2, 0.25) is 0 Å². The first kappa shape index (κ1) is 12.5. The highest BCUT2D eigenvalue weighted by atomic mass is 16.5. The third-order valence-corrected chi connectivity index (χ3v) is 2.72. The van der Waals surface area contributed by atoms with Crippen molar-refractivity contribution in [3.05, 3.63) is 53.6 Å². The quantitative estimate of drug-likeness (QED) is 0.627. The fraction of sp³-hybridized carbons (Fsp3) is 0.231. The second kappa shape index (κ2) is 5.57. The lowest BCUT2D eigenvalue weighted by Crippen LogP contribution is -2.29. The van der Waals surface area contributed by atoms with Crippen molar-refractivity contribution in [3.63, 3.8) is 0 Å². The summed E-state index contributed by atoms with van der Waals surface area (Å²) >= 11 is 0. The number of aromatic nitrogens is 2. The highest BCUT2D eigenvalue weighted by molar-refractivity contribution is 5.33. The standard InChI is InChI=1S/C13H16N4O/c1-9-5-10(3-4-16-9)13(17-14)11-6-12(18-2)8-15-7-11/h3-8,13,17H,14H2,1-2H3. The molecule has 0 aromatic carbocycles. The Morgan fingerprint density at radius 1 is 1.28 bits per heavy atom. The van der Waals surface area contributed by atoms with Crippen molar-refractivity contribution in [1.29, 1.82) is 0 Å². The molecule has 0 aliphatic heterocycles. The van der Waals surface area contributed by atoms with E-state index in [1.54, 1.807) is 25.7 Å². The van der Waals surface area contributed by atoms with E-state index in [4.69, 9.17) is 10.6 Å². The summed E-state index contributed by atoms with van der Waals surface area (Å²) in [5.41, 5.74) is 5.73. The van der Waals surface area contributed by atoms with Crippen LogP contribution in [-0.4, -0.2) is 17.1 Å². The third-order valence-electron chi connectivity index (χ3n) is 2.72. The van der Waals surface area contributed by atoms with E-state index < -0.39 is 0 Å². The maximum absolute atomic E-state index is 5.64. The molecule has 18 heavy (non-hydrogen) atoms. The maximum Gasteiger partial charge on any atom is 0.137 e. The van der Waals surface area contributed by atoms with Crippen LogP contribution in [0.1, 0.15) is 22.9 Å². The number of hydrazine groups is 1. The predicted molar refractivity (Wildman–Crippen MR) is 68.9 cm³/mol. The Balaban J connectivity index is 2.38. The van der Waals surface area contributed by atoms with Gasteiger partial charge in [0, 0.05) is 18.1 Å². The summed E-state index contributed by atoms with van der Waals surface area (Å²) in [6.07, 6.45) is 5.19. The first-order chi connectivity index (χ1) is 8.74. The zero-order valence-corrected chi connectivity index (χ0v) is 10.4. The molecular weight excluding hydrogens is 228 g/mol. The molecule has 2 rings (SSSR count). The Hall–Kier alpha value is -1.98. The van der Waals surface area contributed by atoms with E-state index in [1.807, 2.05) is 25.1 Å². The van der Waals surface area contributed by atoms with Crippen LogP contribution in [-0.2, 0) is 0 Å². The summed E-state index contributed by atoms with van der Waals surface area (Å²) in [7, 11) is 1.61. The minimum atomic E-state index is -0.130. The number of aryl methyl sites for hydroxylation is 1.